The highest BCUT2D eigenvalue weighted by Gasteiger charge is 2.32. The summed E-state index contributed by atoms with van der Waals surface area (Å²) in [4.78, 5) is 13.1. The number of nitrogens with zero attached hydrogens (tertiary/aromatic N) is 2. The topological polar surface area (TPSA) is 90.0 Å². The van der Waals surface area contributed by atoms with Crippen LogP contribution in [0.3, 0.4) is 0 Å². The predicted octanol–water partition coefficient (Wildman–Crippen LogP) is -0.288. The molecule has 0 aromatic heterocycles. The van der Waals surface area contributed by atoms with Crippen LogP contribution < -0.4 is 4.72 Å². The van der Waals surface area contributed by atoms with Crippen molar-refractivity contribution in [2.24, 2.45) is 5.92 Å². The molecule has 1 aliphatic carbocycles. The van der Waals surface area contributed by atoms with E-state index >= 15 is 0 Å². The third-order valence-electron chi connectivity index (χ3n) is 3.99. The van der Waals surface area contributed by atoms with Gasteiger partial charge in [0.25, 0.3) is 10.2 Å². The zero-order valence-electron chi connectivity index (χ0n) is 11.8. The molecule has 0 spiro atoms. The lowest BCUT2D eigenvalue weighted by Crippen LogP contribution is -2.48. The Bertz CT molecular complexity index is 450. The van der Waals surface area contributed by atoms with Crippen LogP contribution in [0, 0.1) is 5.92 Å². The van der Waals surface area contributed by atoms with Gasteiger partial charge in [0.15, 0.2) is 0 Å². The molecule has 2 fully saturated rings. The summed E-state index contributed by atoms with van der Waals surface area (Å²) in [5.41, 5.74) is 0. The van der Waals surface area contributed by atoms with Gasteiger partial charge < -0.3 is 10.0 Å². The van der Waals surface area contributed by atoms with Crippen LogP contribution in [0.1, 0.15) is 25.7 Å². The second-order valence-corrected chi connectivity index (χ2v) is 7.40. The summed E-state index contributed by atoms with van der Waals surface area (Å²) in [7, 11) is -1.56. The fourth-order valence-electron chi connectivity index (χ4n) is 2.50. The van der Waals surface area contributed by atoms with Crippen molar-refractivity contribution in [1.82, 2.24) is 13.9 Å². The van der Waals surface area contributed by atoms with E-state index in [9.17, 15) is 13.2 Å². The maximum Gasteiger partial charge on any atom is 0.307 e. The Morgan fingerprint density at radius 1 is 1.40 bits per heavy atom. The van der Waals surface area contributed by atoms with Gasteiger partial charge >= 0.3 is 5.97 Å². The lowest BCUT2D eigenvalue weighted by atomic mass is 10.0. The van der Waals surface area contributed by atoms with Crippen LogP contribution in [0.5, 0.6) is 0 Å². The Kier molecular flexibility index (Phi) is 5.00. The Hall–Kier alpha value is -0.700. The van der Waals surface area contributed by atoms with Crippen molar-refractivity contribution in [3.8, 4) is 0 Å². The van der Waals surface area contributed by atoms with Crippen molar-refractivity contribution in [2.75, 3.05) is 33.2 Å². The summed E-state index contributed by atoms with van der Waals surface area (Å²) in [6.45, 7) is 1.52. The molecule has 2 N–H and O–H groups in total. The number of hydrogen-bond donors (Lipinski definition) is 2. The van der Waals surface area contributed by atoms with E-state index in [2.05, 4.69) is 9.62 Å². The maximum absolute atomic E-state index is 12.1. The van der Waals surface area contributed by atoms with E-state index in [1.54, 1.807) is 0 Å². The molecule has 20 heavy (non-hydrogen) atoms. The quantitative estimate of drug-likeness (QED) is 0.675. The molecule has 1 heterocycles. The molecule has 1 saturated carbocycles. The number of carboxylic acid groups (broad SMARTS) is 1. The minimum absolute atomic E-state index is 0.0726. The van der Waals surface area contributed by atoms with Gasteiger partial charge in [0, 0.05) is 32.2 Å². The Labute approximate surface area is 120 Å². The molecule has 0 aromatic rings. The summed E-state index contributed by atoms with van der Waals surface area (Å²) in [6, 6.07) is 0.603. The standard InChI is InChI=1S/C12H23N3O4S/c1-14(11-4-5-11)8-6-13-20(18,19)15-7-2-3-10(9-15)12(16)17/h10-11,13H,2-9H2,1H3,(H,16,17). The number of carboxylic acids is 1. The molecule has 7 nitrogen and oxygen atoms in total. The van der Waals surface area contributed by atoms with E-state index in [-0.39, 0.29) is 6.54 Å². The van der Waals surface area contributed by atoms with Crippen molar-refractivity contribution in [2.45, 2.75) is 31.7 Å². The summed E-state index contributed by atoms with van der Waals surface area (Å²) in [6.07, 6.45) is 3.52. The Balaban J connectivity index is 1.80. The molecule has 1 unspecified atom stereocenters. The van der Waals surface area contributed by atoms with E-state index in [0.29, 0.717) is 38.5 Å². The number of carbonyl (C=O) groups is 1. The Morgan fingerprint density at radius 2 is 2.10 bits per heavy atom. The van der Waals surface area contributed by atoms with Gasteiger partial charge in [-0.3, -0.25) is 4.79 Å². The lowest BCUT2D eigenvalue weighted by Gasteiger charge is -2.30. The Morgan fingerprint density at radius 3 is 2.70 bits per heavy atom. The van der Waals surface area contributed by atoms with Gasteiger partial charge in [-0.25, -0.2) is 4.72 Å². The predicted molar refractivity (Wildman–Crippen MR) is 74.5 cm³/mol. The van der Waals surface area contributed by atoms with Crippen LogP contribution in [0.15, 0.2) is 0 Å². The van der Waals surface area contributed by atoms with Gasteiger partial charge in [-0.1, -0.05) is 0 Å². The molecule has 0 radical (unpaired) electrons. The van der Waals surface area contributed by atoms with E-state index < -0.39 is 22.1 Å². The van der Waals surface area contributed by atoms with E-state index in [4.69, 9.17) is 5.11 Å². The molecule has 0 aromatic carbocycles. The minimum atomic E-state index is -3.56. The number of likely N-dealkylation sites (N-methyl/N-ethyl adjacent to an activating group) is 1. The second-order valence-electron chi connectivity index (χ2n) is 5.65. The molecule has 2 rings (SSSR count). The average molecular weight is 305 g/mol. The zero-order valence-corrected chi connectivity index (χ0v) is 12.6. The smallest absolute Gasteiger partial charge is 0.307 e. The van der Waals surface area contributed by atoms with Crippen molar-refractivity contribution in [1.29, 1.82) is 0 Å². The zero-order chi connectivity index (χ0) is 14.8. The first-order valence-corrected chi connectivity index (χ1v) is 8.52. The minimum Gasteiger partial charge on any atom is -0.481 e. The normalized spacial score (nSPS) is 25.0. The molecule has 0 amide bonds. The molecule has 1 saturated heterocycles. The third kappa shape index (κ3) is 4.15. The number of rotatable bonds is 7. The molecule has 2 aliphatic rings. The molecular formula is C12H23N3O4S. The fraction of sp³-hybridized carbons (Fsp3) is 0.917. The van der Waals surface area contributed by atoms with Gasteiger partial charge in [0.05, 0.1) is 5.92 Å². The second kappa shape index (κ2) is 6.38. The van der Waals surface area contributed by atoms with Gasteiger partial charge in [-0.05, 0) is 32.7 Å². The number of aliphatic carboxylic acids is 1. The molecule has 1 atom stereocenters. The molecule has 116 valence electrons. The highest BCUT2D eigenvalue weighted by Crippen LogP contribution is 2.24. The van der Waals surface area contributed by atoms with Crippen LogP contribution in [0.25, 0.3) is 0 Å². The largest absolute Gasteiger partial charge is 0.481 e. The monoisotopic (exact) mass is 305 g/mol. The molecule has 0 bridgehead atoms. The van der Waals surface area contributed by atoms with Crippen LogP contribution >= 0.6 is 0 Å². The van der Waals surface area contributed by atoms with Gasteiger partial charge in [0.2, 0.25) is 0 Å². The maximum atomic E-state index is 12.1. The highest BCUT2D eigenvalue weighted by molar-refractivity contribution is 7.87. The third-order valence-corrected chi connectivity index (χ3v) is 5.57. The number of piperidine rings is 1. The number of nitrogens with one attached hydrogen (secondary N) is 1. The molecular weight excluding hydrogens is 282 g/mol. The van der Waals surface area contributed by atoms with Crippen molar-refractivity contribution in [3.63, 3.8) is 0 Å². The molecule has 8 heteroatoms. The van der Waals surface area contributed by atoms with E-state index in [0.717, 1.165) is 0 Å². The summed E-state index contributed by atoms with van der Waals surface area (Å²) >= 11 is 0. The van der Waals surface area contributed by atoms with Gasteiger partial charge in [0.1, 0.15) is 0 Å². The summed E-state index contributed by atoms with van der Waals surface area (Å²) < 4.78 is 28.1. The first-order valence-electron chi connectivity index (χ1n) is 7.08. The van der Waals surface area contributed by atoms with Crippen molar-refractivity contribution in [3.05, 3.63) is 0 Å². The number of hydrogen-bond acceptors (Lipinski definition) is 4. The SMILES string of the molecule is CN(CCNS(=O)(=O)N1CCCC(C(=O)O)C1)C1CC1. The summed E-state index contributed by atoms with van der Waals surface area (Å²) in [5, 5.41) is 8.99. The summed E-state index contributed by atoms with van der Waals surface area (Å²) in [5.74, 6) is -1.51. The fourth-order valence-corrected chi connectivity index (χ4v) is 3.78. The molecule has 1 aliphatic heterocycles. The van der Waals surface area contributed by atoms with E-state index in [1.807, 2.05) is 7.05 Å². The van der Waals surface area contributed by atoms with Gasteiger partial charge in [-0.15, -0.1) is 0 Å². The van der Waals surface area contributed by atoms with Crippen LogP contribution in [-0.4, -0.2) is 68.0 Å². The highest BCUT2D eigenvalue weighted by atomic mass is 32.2. The van der Waals surface area contributed by atoms with Crippen LogP contribution in [-0.2, 0) is 15.0 Å². The first kappa shape index (κ1) is 15.7. The van der Waals surface area contributed by atoms with Crippen molar-refractivity contribution >= 4 is 16.2 Å². The van der Waals surface area contributed by atoms with Crippen molar-refractivity contribution < 1.29 is 18.3 Å². The van der Waals surface area contributed by atoms with Crippen LogP contribution in [0.4, 0.5) is 0 Å². The van der Waals surface area contributed by atoms with E-state index in [1.165, 1.54) is 17.1 Å². The average Bonchev–Trinajstić information content (AvgIpc) is 3.23. The van der Waals surface area contributed by atoms with Crippen LogP contribution in [0.2, 0.25) is 0 Å². The lowest BCUT2D eigenvalue weighted by molar-refractivity contribution is -0.142. The first-order chi connectivity index (χ1) is 9.40. The van der Waals surface area contributed by atoms with Gasteiger partial charge in [-0.2, -0.15) is 12.7 Å².